The number of nitrogens with zero attached hydrogens (tertiary/aromatic N) is 1. The van der Waals surface area contributed by atoms with Gasteiger partial charge in [-0.1, -0.05) is 30.3 Å². The van der Waals surface area contributed by atoms with Crippen molar-refractivity contribution in [1.82, 2.24) is 4.90 Å². The molecule has 6 heteroatoms. The molecule has 0 radical (unpaired) electrons. The van der Waals surface area contributed by atoms with Crippen LogP contribution in [-0.2, 0) is 9.53 Å². The van der Waals surface area contributed by atoms with Gasteiger partial charge in [-0.15, -0.1) is 0 Å². The molecule has 1 aliphatic heterocycles. The lowest BCUT2D eigenvalue weighted by Gasteiger charge is -2.31. The van der Waals surface area contributed by atoms with Crippen molar-refractivity contribution in [1.29, 1.82) is 0 Å². The zero-order valence-electron chi connectivity index (χ0n) is 17.1. The number of piperidine rings is 1. The maximum atomic E-state index is 13.3. The second-order valence-electron chi connectivity index (χ2n) is 7.69. The molecule has 1 aliphatic rings. The fourth-order valence-electron chi connectivity index (χ4n) is 3.73. The summed E-state index contributed by atoms with van der Waals surface area (Å²) in [5, 5.41) is 9.01. The van der Waals surface area contributed by atoms with Gasteiger partial charge in [0.25, 0.3) is 0 Å². The Balaban J connectivity index is 1.56. The van der Waals surface area contributed by atoms with E-state index in [1.165, 1.54) is 24.3 Å². The Morgan fingerprint density at radius 2 is 1.57 bits per heavy atom. The van der Waals surface area contributed by atoms with Gasteiger partial charge in [-0.3, -0.25) is 0 Å². The number of hydrogen-bond acceptors (Lipinski definition) is 3. The van der Waals surface area contributed by atoms with Crippen LogP contribution in [0.2, 0.25) is 0 Å². The minimum absolute atomic E-state index is 0.296. The molecule has 2 aromatic rings. The van der Waals surface area contributed by atoms with Gasteiger partial charge < -0.3 is 14.7 Å². The molecular formula is C24H27F2NO3. The van der Waals surface area contributed by atoms with Gasteiger partial charge in [0.15, 0.2) is 0 Å². The molecule has 0 amide bonds. The zero-order valence-corrected chi connectivity index (χ0v) is 17.1. The lowest BCUT2D eigenvalue weighted by atomic mass is 9.94. The molecule has 30 heavy (non-hydrogen) atoms. The summed E-state index contributed by atoms with van der Waals surface area (Å²) in [6.45, 7) is 4.62. The van der Waals surface area contributed by atoms with Crippen molar-refractivity contribution in [2.45, 2.75) is 25.9 Å². The highest BCUT2D eigenvalue weighted by Gasteiger charge is 2.20. The van der Waals surface area contributed by atoms with Gasteiger partial charge in [-0.05, 0) is 74.2 Å². The van der Waals surface area contributed by atoms with E-state index in [1.54, 1.807) is 31.2 Å². The van der Waals surface area contributed by atoms with E-state index >= 15 is 0 Å². The van der Waals surface area contributed by atoms with E-state index in [4.69, 9.17) is 9.84 Å². The number of rotatable bonds is 8. The molecule has 160 valence electrons. The highest BCUT2D eigenvalue weighted by atomic mass is 19.1. The van der Waals surface area contributed by atoms with E-state index in [0.717, 1.165) is 43.6 Å². The van der Waals surface area contributed by atoms with E-state index in [2.05, 4.69) is 4.90 Å². The van der Waals surface area contributed by atoms with Crippen molar-refractivity contribution in [2.75, 3.05) is 26.2 Å². The Kier molecular flexibility index (Phi) is 7.71. The van der Waals surface area contributed by atoms with E-state index in [9.17, 15) is 13.6 Å². The number of carboxylic acid groups (broad SMARTS) is 1. The molecule has 0 saturated carbocycles. The third kappa shape index (κ3) is 6.21. The average Bonchev–Trinajstić information content (AvgIpc) is 2.74. The van der Waals surface area contributed by atoms with E-state index in [0.29, 0.717) is 18.1 Å². The molecular weight excluding hydrogens is 388 g/mol. The number of aliphatic carboxylic acids is 1. The fourth-order valence-corrected chi connectivity index (χ4v) is 3.73. The van der Waals surface area contributed by atoms with Crippen molar-refractivity contribution in [3.63, 3.8) is 0 Å². The van der Waals surface area contributed by atoms with Gasteiger partial charge in [0.2, 0.25) is 0 Å². The lowest BCUT2D eigenvalue weighted by Crippen LogP contribution is -2.36. The Morgan fingerprint density at radius 1 is 1.07 bits per heavy atom. The van der Waals surface area contributed by atoms with Gasteiger partial charge in [-0.2, -0.15) is 0 Å². The molecule has 0 spiro atoms. The number of likely N-dealkylation sites (tertiary alicyclic amines) is 1. The quantitative estimate of drug-likeness (QED) is 0.629. The Morgan fingerprint density at radius 3 is 2.03 bits per heavy atom. The first-order valence-electron chi connectivity index (χ1n) is 10.2. The summed E-state index contributed by atoms with van der Waals surface area (Å²) in [5.74, 6) is -1.19. The Hall–Kier alpha value is -2.57. The summed E-state index contributed by atoms with van der Waals surface area (Å²) in [4.78, 5) is 13.3. The summed E-state index contributed by atoms with van der Waals surface area (Å²) in [6, 6.07) is 12.3. The third-order valence-corrected chi connectivity index (χ3v) is 5.49. The molecule has 1 fully saturated rings. The maximum Gasteiger partial charge on any atom is 0.330 e. The molecule has 1 saturated heterocycles. The molecule has 0 aliphatic carbocycles. The van der Waals surface area contributed by atoms with Crippen molar-refractivity contribution in [2.24, 2.45) is 5.92 Å². The van der Waals surface area contributed by atoms with Gasteiger partial charge in [0.05, 0.1) is 6.61 Å². The van der Waals surface area contributed by atoms with Gasteiger partial charge in [0.1, 0.15) is 17.7 Å². The Labute approximate surface area is 175 Å². The van der Waals surface area contributed by atoms with Crippen LogP contribution < -0.4 is 0 Å². The third-order valence-electron chi connectivity index (χ3n) is 5.49. The van der Waals surface area contributed by atoms with Crippen LogP contribution >= 0.6 is 0 Å². The Bertz CT molecular complexity index is 812. The molecule has 0 unspecified atom stereocenters. The number of carbonyl (C=O) groups is 1. The number of ether oxygens (including phenoxy) is 1. The molecule has 0 aromatic heterocycles. The molecule has 4 nitrogen and oxygen atoms in total. The number of benzene rings is 2. The van der Waals surface area contributed by atoms with Crippen LogP contribution in [0.1, 0.15) is 37.0 Å². The number of hydrogen-bond donors (Lipinski definition) is 1. The average molecular weight is 415 g/mol. The highest BCUT2D eigenvalue weighted by molar-refractivity contribution is 5.85. The van der Waals surface area contributed by atoms with Crippen LogP contribution in [-0.4, -0.2) is 42.2 Å². The fraction of sp³-hybridized carbons (Fsp3) is 0.375. The normalized spacial score (nSPS) is 16.2. The first-order chi connectivity index (χ1) is 14.4. The summed E-state index contributed by atoms with van der Waals surface area (Å²) in [6.07, 6.45) is 3.30. The molecule has 2 aromatic carbocycles. The monoisotopic (exact) mass is 415 g/mol. The van der Waals surface area contributed by atoms with Crippen molar-refractivity contribution >= 4 is 5.97 Å². The van der Waals surface area contributed by atoms with E-state index < -0.39 is 12.1 Å². The van der Waals surface area contributed by atoms with Crippen molar-refractivity contribution in [3.05, 3.63) is 82.9 Å². The standard InChI is InChI=1S/C24H27F2NO3/c1-17(24(28)29)16-18-10-12-27(13-11-18)14-15-30-23(19-2-6-21(25)7-3-19)20-4-8-22(26)9-5-20/h2-9,16,18,23H,10-15H2,1H3,(H,28,29)/b17-16+. The van der Waals surface area contributed by atoms with Crippen molar-refractivity contribution < 1.29 is 23.4 Å². The highest BCUT2D eigenvalue weighted by Crippen LogP contribution is 2.27. The lowest BCUT2D eigenvalue weighted by molar-refractivity contribution is -0.132. The minimum atomic E-state index is -0.863. The summed E-state index contributed by atoms with van der Waals surface area (Å²) in [5.41, 5.74) is 2.03. The largest absolute Gasteiger partial charge is 0.478 e. The summed E-state index contributed by atoms with van der Waals surface area (Å²) < 4.78 is 32.8. The SMILES string of the molecule is C/C(=C\C1CCN(CCOC(c2ccc(F)cc2)c2ccc(F)cc2)CC1)C(=O)O. The number of carboxylic acids is 1. The zero-order chi connectivity index (χ0) is 21.5. The van der Waals surface area contributed by atoms with Crippen LogP contribution in [0, 0.1) is 17.6 Å². The van der Waals surface area contributed by atoms with Gasteiger partial charge >= 0.3 is 5.97 Å². The van der Waals surface area contributed by atoms with Crippen LogP contribution in [0.5, 0.6) is 0 Å². The van der Waals surface area contributed by atoms with Crippen molar-refractivity contribution in [3.8, 4) is 0 Å². The maximum absolute atomic E-state index is 13.3. The van der Waals surface area contributed by atoms with E-state index in [1.807, 2.05) is 6.08 Å². The molecule has 1 N–H and O–H groups in total. The minimum Gasteiger partial charge on any atom is -0.478 e. The number of halogens is 2. The van der Waals surface area contributed by atoms with Crippen LogP contribution in [0.15, 0.2) is 60.2 Å². The van der Waals surface area contributed by atoms with Gasteiger partial charge in [0, 0.05) is 12.1 Å². The first-order valence-corrected chi connectivity index (χ1v) is 10.2. The van der Waals surface area contributed by atoms with E-state index in [-0.39, 0.29) is 11.6 Å². The summed E-state index contributed by atoms with van der Waals surface area (Å²) in [7, 11) is 0. The van der Waals surface area contributed by atoms with Crippen LogP contribution in [0.3, 0.4) is 0 Å². The molecule has 3 rings (SSSR count). The van der Waals surface area contributed by atoms with Crippen LogP contribution in [0.25, 0.3) is 0 Å². The predicted molar refractivity (Wildman–Crippen MR) is 111 cm³/mol. The molecule has 0 atom stereocenters. The van der Waals surface area contributed by atoms with Crippen LogP contribution in [0.4, 0.5) is 8.78 Å². The molecule has 1 heterocycles. The topological polar surface area (TPSA) is 49.8 Å². The number of allylic oxidation sites excluding steroid dienone is 1. The second kappa shape index (κ2) is 10.5. The first kappa shape index (κ1) is 22.1. The molecule has 0 bridgehead atoms. The second-order valence-corrected chi connectivity index (χ2v) is 7.69. The predicted octanol–water partition coefficient (Wildman–Crippen LogP) is 4.81. The van der Waals surface area contributed by atoms with Gasteiger partial charge in [-0.25, -0.2) is 13.6 Å². The smallest absolute Gasteiger partial charge is 0.330 e. The summed E-state index contributed by atoms with van der Waals surface area (Å²) >= 11 is 0.